The van der Waals surface area contributed by atoms with Crippen LogP contribution in [0.15, 0.2) is 0 Å². The Kier molecular flexibility index (Phi) is 8.63. The predicted octanol–water partition coefficient (Wildman–Crippen LogP) is 2.32. The first-order chi connectivity index (χ1) is 8.91. The number of hydrogen-bond acceptors (Lipinski definition) is 3. The number of carbonyl (C=O) groups is 2. The van der Waals surface area contributed by atoms with Crippen LogP contribution in [0.4, 0.5) is 4.79 Å². The average molecular weight is 290 g/mol. The van der Waals surface area contributed by atoms with Crippen LogP contribution >= 0.6 is 11.8 Å². The second-order valence-electron chi connectivity index (χ2n) is 4.68. The molecule has 2 amide bonds. The maximum absolute atomic E-state index is 11.7. The molecule has 0 aromatic heterocycles. The Morgan fingerprint density at radius 3 is 2.26 bits per heavy atom. The van der Waals surface area contributed by atoms with E-state index in [0.29, 0.717) is 12.8 Å². The zero-order valence-corrected chi connectivity index (χ0v) is 13.1. The first-order valence-electron chi connectivity index (χ1n) is 6.77. The van der Waals surface area contributed by atoms with Crippen molar-refractivity contribution in [1.29, 1.82) is 0 Å². The van der Waals surface area contributed by atoms with Crippen LogP contribution in [0.5, 0.6) is 0 Å². The fraction of sp³-hybridized carbons (Fsp3) is 0.846. The maximum atomic E-state index is 11.7. The van der Waals surface area contributed by atoms with E-state index in [2.05, 4.69) is 17.6 Å². The lowest BCUT2D eigenvalue weighted by Gasteiger charge is -2.27. The van der Waals surface area contributed by atoms with Crippen molar-refractivity contribution in [3.63, 3.8) is 0 Å². The van der Waals surface area contributed by atoms with Gasteiger partial charge in [-0.3, -0.25) is 4.79 Å². The minimum absolute atomic E-state index is 0.0763. The van der Waals surface area contributed by atoms with Gasteiger partial charge >= 0.3 is 12.0 Å². The van der Waals surface area contributed by atoms with E-state index in [4.69, 9.17) is 0 Å². The van der Waals surface area contributed by atoms with Crippen LogP contribution < -0.4 is 10.6 Å². The van der Waals surface area contributed by atoms with E-state index in [0.717, 1.165) is 11.5 Å². The summed E-state index contributed by atoms with van der Waals surface area (Å²) in [7, 11) is 0. The lowest BCUT2D eigenvalue weighted by molar-refractivity contribution is -0.149. The molecule has 0 rings (SSSR count). The molecule has 0 aromatic carbocycles. The normalized spacial score (nSPS) is 12.8. The number of carboxylic acids is 1. The first kappa shape index (κ1) is 18.1. The van der Waals surface area contributed by atoms with Gasteiger partial charge < -0.3 is 15.7 Å². The van der Waals surface area contributed by atoms with E-state index < -0.39 is 11.4 Å². The summed E-state index contributed by atoms with van der Waals surface area (Å²) in [6, 6.07) is -0.218. The Bertz CT molecular complexity index is 294. The molecule has 6 heteroatoms. The standard InChI is InChI=1S/C13H26N2O3S/c1-5-13(6-2,11(16)17)9-14-12(18)15-10(4)8-19-7-3/h10H,5-9H2,1-4H3,(H,16,17)(H2,14,15,18). The maximum Gasteiger partial charge on any atom is 0.315 e. The molecule has 0 heterocycles. The molecular weight excluding hydrogens is 264 g/mol. The van der Waals surface area contributed by atoms with Crippen LogP contribution in [0.1, 0.15) is 40.5 Å². The number of thioether (sulfide) groups is 1. The zero-order valence-electron chi connectivity index (χ0n) is 12.3. The van der Waals surface area contributed by atoms with Crippen LogP contribution in [0.25, 0.3) is 0 Å². The van der Waals surface area contributed by atoms with Crippen LogP contribution in [-0.4, -0.2) is 41.2 Å². The number of aliphatic carboxylic acids is 1. The fourth-order valence-electron chi connectivity index (χ4n) is 1.74. The van der Waals surface area contributed by atoms with Crippen molar-refractivity contribution in [2.45, 2.75) is 46.6 Å². The first-order valence-corrected chi connectivity index (χ1v) is 7.92. The van der Waals surface area contributed by atoms with Gasteiger partial charge in [-0.15, -0.1) is 0 Å². The smallest absolute Gasteiger partial charge is 0.315 e. The van der Waals surface area contributed by atoms with Gasteiger partial charge in [-0.2, -0.15) is 11.8 Å². The van der Waals surface area contributed by atoms with E-state index in [1.54, 1.807) is 11.8 Å². The molecule has 0 aliphatic carbocycles. The molecule has 0 aliphatic rings. The zero-order chi connectivity index (χ0) is 14.9. The van der Waals surface area contributed by atoms with Gasteiger partial charge in [0, 0.05) is 18.3 Å². The topological polar surface area (TPSA) is 78.4 Å². The van der Waals surface area contributed by atoms with E-state index in [1.165, 1.54) is 0 Å². The third-order valence-corrected chi connectivity index (χ3v) is 4.49. The molecule has 112 valence electrons. The highest BCUT2D eigenvalue weighted by molar-refractivity contribution is 7.99. The van der Waals surface area contributed by atoms with Gasteiger partial charge in [0.2, 0.25) is 0 Å². The molecule has 5 nitrogen and oxygen atoms in total. The number of nitrogens with one attached hydrogen (secondary N) is 2. The summed E-state index contributed by atoms with van der Waals surface area (Å²) in [5.74, 6) is 1.02. The third kappa shape index (κ3) is 6.18. The van der Waals surface area contributed by atoms with E-state index in [-0.39, 0.29) is 18.6 Å². The summed E-state index contributed by atoms with van der Waals surface area (Å²) < 4.78 is 0. The second kappa shape index (κ2) is 9.07. The second-order valence-corrected chi connectivity index (χ2v) is 6.00. The number of urea groups is 1. The number of carbonyl (C=O) groups excluding carboxylic acids is 1. The molecule has 1 atom stereocenters. The Morgan fingerprint density at radius 2 is 1.84 bits per heavy atom. The lowest BCUT2D eigenvalue weighted by atomic mass is 9.82. The predicted molar refractivity (Wildman–Crippen MR) is 79.6 cm³/mol. The van der Waals surface area contributed by atoms with E-state index in [1.807, 2.05) is 20.8 Å². The minimum atomic E-state index is -0.862. The third-order valence-electron chi connectivity index (χ3n) is 3.34. The summed E-state index contributed by atoms with van der Waals surface area (Å²) in [4.78, 5) is 23.0. The summed E-state index contributed by atoms with van der Waals surface area (Å²) >= 11 is 1.76. The van der Waals surface area contributed by atoms with Crippen molar-refractivity contribution < 1.29 is 14.7 Å². The van der Waals surface area contributed by atoms with Crippen molar-refractivity contribution in [2.75, 3.05) is 18.1 Å². The molecule has 0 aromatic rings. The molecule has 0 saturated heterocycles. The van der Waals surface area contributed by atoms with Crippen molar-refractivity contribution in [2.24, 2.45) is 5.41 Å². The molecule has 3 N–H and O–H groups in total. The lowest BCUT2D eigenvalue weighted by Crippen LogP contribution is -2.48. The highest BCUT2D eigenvalue weighted by Gasteiger charge is 2.35. The van der Waals surface area contributed by atoms with Crippen molar-refractivity contribution in [1.82, 2.24) is 10.6 Å². The highest BCUT2D eigenvalue weighted by atomic mass is 32.2. The molecule has 0 spiro atoms. The molecular formula is C13H26N2O3S. The molecule has 0 aliphatic heterocycles. The monoisotopic (exact) mass is 290 g/mol. The average Bonchev–Trinajstić information content (AvgIpc) is 2.37. The van der Waals surface area contributed by atoms with Crippen LogP contribution in [-0.2, 0) is 4.79 Å². The van der Waals surface area contributed by atoms with Crippen LogP contribution in [0.3, 0.4) is 0 Å². The van der Waals surface area contributed by atoms with Crippen molar-refractivity contribution in [3.8, 4) is 0 Å². The van der Waals surface area contributed by atoms with E-state index >= 15 is 0 Å². The Morgan fingerprint density at radius 1 is 1.26 bits per heavy atom. The molecule has 0 radical (unpaired) electrons. The van der Waals surface area contributed by atoms with Gasteiger partial charge in [0.25, 0.3) is 0 Å². The van der Waals surface area contributed by atoms with Crippen LogP contribution in [0, 0.1) is 5.41 Å². The van der Waals surface area contributed by atoms with Crippen LogP contribution in [0.2, 0.25) is 0 Å². The Balaban J connectivity index is 4.23. The molecule has 1 unspecified atom stereocenters. The fourth-order valence-corrected chi connectivity index (χ4v) is 2.41. The summed E-state index contributed by atoms with van der Waals surface area (Å²) in [5, 5.41) is 14.7. The van der Waals surface area contributed by atoms with Gasteiger partial charge in [-0.25, -0.2) is 4.79 Å². The number of carboxylic acid groups (broad SMARTS) is 1. The number of amides is 2. The SMILES string of the molecule is CCSCC(C)NC(=O)NCC(CC)(CC)C(=O)O. The Labute approximate surface area is 119 Å². The van der Waals surface area contributed by atoms with Gasteiger partial charge in [0.15, 0.2) is 0 Å². The number of hydrogen-bond donors (Lipinski definition) is 3. The van der Waals surface area contributed by atoms with Gasteiger partial charge in [-0.05, 0) is 25.5 Å². The molecule has 0 bridgehead atoms. The van der Waals surface area contributed by atoms with Gasteiger partial charge in [0.1, 0.15) is 0 Å². The van der Waals surface area contributed by atoms with Crippen molar-refractivity contribution in [3.05, 3.63) is 0 Å². The summed E-state index contributed by atoms with van der Waals surface area (Å²) in [6.45, 7) is 7.83. The van der Waals surface area contributed by atoms with E-state index in [9.17, 15) is 14.7 Å². The largest absolute Gasteiger partial charge is 0.481 e. The van der Waals surface area contributed by atoms with Gasteiger partial charge in [0.05, 0.1) is 5.41 Å². The summed E-state index contributed by atoms with van der Waals surface area (Å²) in [6.07, 6.45) is 1.00. The molecule has 0 saturated carbocycles. The van der Waals surface area contributed by atoms with Gasteiger partial charge in [-0.1, -0.05) is 20.8 Å². The molecule has 0 fully saturated rings. The van der Waals surface area contributed by atoms with Crippen molar-refractivity contribution >= 4 is 23.8 Å². The Hall–Kier alpha value is -0.910. The molecule has 19 heavy (non-hydrogen) atoms. The summed E-state index contributed by atoms with van der Waals surface area (Å²) in [5.41, 5.74) is -0.862. The minimum Gasteiger partial charge on any atom is -0.481 e. The quantitative estimate of drug-likeness (QED) is 0.609. The number of rotatable bonds is 9. The highest BCUT2D eigenvalue weighted by Crippen LogP contribution is 2.25.